The normalized spacial score (nSPS) is 14.2. The molecule has 2 aromatic rings. The molecule has 0 fully saturated rings. The first-order valence-corrected chi connectivity index (χ1v) is 7.10. The Labute approximate surface area is 122 Å². The lowest BCUT2D eigenvalue weighted by Gasteiger charge is -2.27. The van der Waals surface area contributed by atoms with E-state index in [0.29, 0.717) is 29.5 Å². The summed E-state index contributed by atoms with van der Waals surface area (Å²) in [5.74, 6) is 0.259. The van der Waals surface area contributed by atoms with Crippen LogP contribution in [0.1, 0.15) is 16.8 Å². The van der Waals surface area contributed by atoms with Crippen molar-refractivity contribution in [2.75, 3.05) is 11.4 Å². The molecule has 1 aliphatic heterocycles. The molecule has 0 saturated carbocycles. The lowest BCUT2D eigenvalue weighted by atomic mass is 10.2. The van der Waals surface area contributed by atoms with E-state index >= 15 is 0 Å². The summed E-state index contributed by atoms with van der Waals surface area (Å²) in [6.45, 7) is 1.23. The molecule has 20 heavy (non-hydrogen) atoms. The molecule has 0 aromatic carbocycles. The minimum absolute atomic E-state index is 0.0510. The molecule has 0 radical (unpaired) electrons. The molecule has 0 saturated heterocycles. The van der Waals surface area contributed by atoms with Crippen LogP contribution in [0.5, 0.6) is 0 Å². The number of fused-ring (bicyclic) bond motifs is 1. The summed E-state index contributed by atoms with van der Waals surface area (Å²) in [6, 6.07) is 1.29. The number of carbonyl (C=O) groups excluding carboxylic acids is 1. The van der Waals surface area contributed by atoms with Crippen molar-refractivity contribution in [1.29, 1.82) is 0 Å². The molecule has 0 N–H and O–H groups in total. The van der Waals surface area contributed by atoms with Crippen molar-refractivity contribution in [3.05, 3.63) is 38.3 Å². The molecule has 0 spiro atoms. The van der Waals surface area contributed by atoms with Crippen LogP contribution in [0.15, 0.2) is 17.6 Å². The molecule has 2 aromatic heterocycles. The Bertz CT molecular complexity index is 696. The Morgan fingerprint density at radius 1 is 1.50 bits per heavy atom. The van der Waals surface area contributed by atoms with Crippen LogP contribution in [0.3, 0.4) is 0 Å². The topological polar surface area (TPSA) is 81.3 Å². The van der Waals surface area contributed by atoms with Gasteiger partial charge >= 0.3 is 5.00 Å². The van der Waals surface area contributed by atoms with Crippen molar-refractivity contribution in [1.82, 2.24) is 9.78 Å². The lowest BCUT2D eigenvalue weighted by molar-refractivity contribution is -0.380. The van der Waals surface area contributed by atoms with Crippen LogP contribution in [0.4, 0.5) is 10.8 Å². The third-order valence-corrected chi connectivity index (χ3v) is 4.18. The van der Waals surface area contributed by atoms with Gasteiger partial charge in [0.1, 0.15) is 5.02 Å². The van der Waals surface area contributed by atoms with Gasteiger partial charge in [-0.05, 0) is 6.42 Å². The Morgan fingerprint density at radius 3 is 3.00 bits per heavy atom. The van der Waals surface area contributed by atoms with Gasteiger partial charge in [0, 0.05) is 24.5 Å². The zero-order chi connectivity index (χ0) is 14.3. The summed E-state index contributed by atoms with van der Waals surface area (Å²) in [5.41, 5.74) is 0.299. The first-order chi connectivity index (χ1) is 9.58. The molecule has 0 unspecified atom stereocenters. The third kappa shape index (κ3) is 2.06. The number of anilines is 1. The summed E-state index contributed by atoms with van der Waals surface area (Å²) >= 11 is 6.99. The highest BCUT2D eigenvalue weighted by Gasteiger charge is 2.28. The molecule has 7 nitrogen and oxygen atoms in total. The average Bonchev–Trinajstić information content (AvgIpc) is 3.05. The second kappa shape index (κ2) is 4.88. The monoisotopic (exact) mass is 312 g/mol. The second-order valence-corrected chi connectivity index (χ2v) is 5.58. The van der Waals surface area contributed by atoms with E-state index in [4.69, 9.17) is 11.6 Å². The summed E-state index contributed by atoms with van der Waals surface area (Å²) in [4.78, 5) is 24.2. The number of hydrogen-bond acceptors (Lipinski definition) is 5. The summed E-state index contributed by atoms with van der Waals surface area (Å²) < 4.78 is 1.67. The van der Waals surface area contributed by atoms with E-state index < -0.39 is 4.92 Å². The van der Waals surface area contributed by atoms with Crippen molar-refractivity contribution >= 4 is 39.7 Å². The van der Waals surface area contributed by atoms with Gasteiger partial charge in [0.2, 0.25) is 0 Å². The van der Waals surface area contributed by atoms with Gasteiger partial charge in [0.25, 0.3) is 5.91 Å². The van der Waals surface area contributed by atoms with Crippen LogP contribution in [-0.2, 0) is 6.54 Å². The number of amides is 1. The Morgan fingerprint density at radius 2 is 2.30 bits per heavy atom. The summed E-state index contributed by atoms with van der Waals surface area (Å²) in [6.07, 6.45) is 2.27. The first-order valence-electron chi connectivity index (χ1n) is 5.84. The van der Waals surface area contributed by atoms with Crippen molar-refractivity contribution in [3.63, 3.8) is 0 Å². The maximum atomic E-state index is 12.5. The number of rotatable bonds is 2. The fourth-order valence-electron chi connectivity index (χ4n) is 2.16. The number of nitrogens with zero attached hydrogens (tertiary/aromatic N) is 4. The Hall–Kier alpha value is -1.93. The molecule has 9 heteroatoms. The smallest absolute Gasteiger partial charge is 0.292 e. The number of aromatic nitrogens is 2. The lowest BCUT2D eigenvalue weighted by Crippen LogP contribution is -2.37. The fraction of sp³-hybridized carbons (Fsp3) is 0.273. The quantitative estimate of drug-likeness (QED) is 0.630. The van der Waals surface area contributed by atoms with Gasteiger partial charge in [-0.3, -0.25) is 19.8 Å². The number of halogens is 1. The minimum atomic E-state index is -0.505. The molecule has 0 bridgehead atoms. The molecule has 0 aliphatic carbocycles. The molecular weight excluding hydrogens is 304 g/mol. The Kier molecular flexibility index (Phi) is 3.19. The molecule has 104 valence electrons. The molecule has 0 atom stereocenters. The highest BCUT2D eigenvalue weighted by molar-refractivity contribution is 7.13. The van der Waals surface area contributed by atoms with Crippen molar-refractivity contribution in [2.24, 2.45) is 0 Å². The van der Waals surface area contributed by atoms with Crippen molar-refractivity contribution in [2.45, 2.75) is 13.0 Å². The number of hydrogen-bond donors (Lipinski definition) is 0. The Balaban J connectivity index is 1.95. The standard InChI is InChI=1S/C11H9ClN4O3S/c12-8-5-13-15-3-1-2-14(10(8)15)11(17)7-4-9(16(18)19)20-6-7/h4-6H,1-3H2. The fourth-order valence-corrected chi connectivity index (χ4v) is 3.10. The SMILES string of the molecule is O=C(c1csc([N+](=O)[O-])c1)N1CCCn2ncc(Cl)c21. The van der Waals surface area contributed by atoms with Gasteiger partial charge in [-0.2, -0.15) is 5.10 Å². The van der Waals surface area contributed by atoms with E-state index in [2.05, 4.69) is 5.10 Å². The second-order valence-electron chi connectivity index (χ2n) is 4.28. The van der Waals surface area contributed by atoms with Gasteiger partial charge in [-0.25, -0.2) is 4.68 Å². The van der Waals surface area contributed by atoms with Gasteiger partial charge in [0.05, 0.1) is 16.7 Å². The van der Waals surface area contributed by atoms with Gasteiger partial charge in [0.15, 0.2) is 5.82 Å². The number of nitro groups is 1. The zero-order valence-corrected chi connectivity index (χ0v) is 11.7. The van der Waals surface area contributed by atoms with E-state index in [9.17, 15) is 14.9 Å². The maximum Gasteiger partial charge on any atom is 0.324 e. The highest BCUT2D eigenvalue weighted by Crippen LogP contribution is 2.31. The van der Waals surface area contributed by atoms with Gasteiger partial charge in [-0.1, -0.05) is 22.9 Å². The average molecular weight is 313 g/mol. The van der Waals surface area contributed by atoms with Crippen LogP contribution in [0, 0.1) is 10.1 Å². The predicted octanol–water partition coefficient (Wildman–Crippen LogP) is 2.56. The van der Waals surface area contributed by atoms with Gasteiger partial charge in [-0.15, -0.1) is 0 Å². The van der Waals surface area contributed by atoms with E-state index in [1.54, 1.807) is 4.68 Å². The van der Waals surface area contributed by atoms with E-state index in [1.165, 1.54) is 22.5 Å². The zero-order valence-electron chi connectivity index (χ0n) is 10.2. The predicted molar refractivity (Wildman–Crippen MR) is 74.5 cm³/mol. The summed E-state index contributed by atoms with van der Waals surface area (Å²) in [7, 11) is 0. The van der Waals surface area contributed by atoms with Gasteiger partial charge < -0.3 is 0 Å². The number of carbonyl (C=O) groups is 1. The van der Waals surface area contributed by atoms with Crippen LogP contribution < -0.4 is 4.90 Å². The largest absolute Gasteiger partial charge is 0.324 e. The van der Waals surface area contributed by atoms with Crippen LogP contribution >= 0.6 is 22.9 Å². The molecule has 3 rings (SSSR count). The first kappa shape index (κ1) is 13.1. The van der Waals surface area contributed by atoms with Crippen LogP contribution in [0.25, 0.3) is 0 Å². The minimum Gasteiger partial charge on any atom is -0.292 e. The van der Waals surface area contributed by atoms with Crippen molar-refractivity contribution in [3.8, 4) is 0 Å². The van der Waals surface area contributed by atoms with Crippen LogP contribution in [-0.4, -0.2) is 27.2 Å². The van der Waals surface area contributed by atoms with E-state index in [1.807, 2.05) is 0 Å². The number of thiophene rings is 1. The molecule has 1 aliphatic rings. The summed E-state index contributed by atoms with van der Waals surface area (Å²) in [5, 5.41) is 16.6. The number of aryl methyl sites for hydroxylation is 1. The molecular formula is C11H9ClN4O3S. The van der Waals surface area contributed by atoms with Crippen LogP contribution in [0.2, 0.25) is 5.02 Å². The maximum absolute atomic E-state index is 12.5. The molecule has 3 heterocycles. The molecule has 1 amide bonds. The highest BCUT2D eigenvalue weighted by atomic mass is 35.5. The third-order valence-electron chi connectivity index (χ3n) is 3.03. The van der Waals surface area contributed by atoms with E-state index in [-0.39, 0.29) is 10.9 Å². The van der Waals surface area contributed by atoms with E-state index in [0.717, 1.165) is 17.8 Å². The van der Waals surface area contributed by atoms with Crippen molar-refractivity contribution < 1.29 is 9.72 Å².